The maximum atomic E-state index is 12.2. The molecule has 24 heavy (non-hydrogen) atoms. The van der Waals surface area contributed by atoms with Crippen LogP contribution in [0.15, 0.2) is 19.8 Å². The summed E-state index contributed by atoms with van der Waals surface area (Å²) in [5.74, 6) is -1.01. The normalized spacial score (nSPS) is 12.0. The van der Waals surface area contributed by atoms with Crippen LogP contribution >= 0.6 is 0 Å². The number of carbonyl (C=O) groups excluding carboxylic acids is 1. The number of hydrogen-bond acceptors (Lipinski definition) is 8. The van der Waals surface area contributed by atoms with Crippen LogP contribution in [0.5, 0.6) is 0 Å². The molecule has 0 amide bonds. The summed E-state index contributed by atoms with van der Waals surface area (Å²) in [7, 11) is -1.18. The highest BCUT2D eigenvalue weighted by Crippen LogP contribution is 2.13. The summed E-state index contributed by atoms with van der Waals surface area (Å²) in [4.78, 5) is 26.5. The molecule has 0 unspecified atom stereocenters. The molecule has 0 spiro atoms. The second-order valence-corrected chi connectivity index (χ2v) is 7.14. The maximum absolute atomic E-state index is 12.2. The predicted molar refractivity (Wildman–Crippen MR) is 80.7 cm³/mol. The highest BCUT2D eigenvalue weighted by Gasteiger charge is 2.24. The van der Waals surface area contributed by atoms with Crippen LogP contribution in [0.25, 0.3) is 0 Å². The molecule has 0 aliphatic rings. The summed E-state index contributed by atoms with van der Waals surface area (Å²) in [6, 6.07) is 0. The molecule has 0 aliphatic carbocycles. The molecule has 0 aromatic carbocycles. The smallest absolute Gasteiger partial charge is 0.396 e. The average molecular weight is 359 g/mol. The Balaban J connectivity index is 2.18. The van der Waals surface area contributed by atoms with E-state index in [1.807, 2.05) is 0 Å². The van der Waals surface area contributed by atoms with Crippen molar-refractivity contribution in [3.8, 4) is 0 Å². The third kappa shape index (κ3) is 3.63. The molecule has 0 saturated carbocycles. The van der Waals surface area contributed by atoms with Gasteiger partial charge in [0.15, 0.2) is 17.4 Å². The number of hydrogen-bond donors (Lipinski definition) is 0. The average Bonchev–Trinajstić information content (AvgIpc) is 3.03. The lowest BCUT2D eigenvalue weighted by molar-refractivity contribution is 0.0891. The molecule has 0 atom stereocenters. The highest BCUT2D eigenvalue weighted by atomic mass is 32.2. The summed E-state index contributed by atoms with van der Waals surface area (Å²) in [5.41, 5.74) is 0.245. The van der Waals surface area contributed by atoms with Crippen molar-refractivity contribution in [3.05, 3.63) is 39.9 Å². The lowest BCUT2D eigenvalue weighted by Crippen LogP contribution is -2.30. The van der Waals surface area contributed by atoms with E-state index >= 15 is 0 Å². The Kier molecular flexibility index (Phi) is 5.06. The van der Waals surface area contributed by atoms with Gasteiger partial charge in [0, 0.05) is 27.2 Å². The minimum atomic E-state index is -3.88. The van der Waals surface area contributed by atoms with Gasteiger partial charge in [0.05, 0.1) is 12.3 Å². The molecule has 0 fully saturated rings. The number of ketones is 1. The third-order valence-electron chi connectivity index (χ3n) is 3.07. The summed E-state index contributed by atoms with van der Waals surface area (Å²) < 4.78 is 41.0. The zero-order valence-corrected chi connectivity index (χ0v) is 14.4. The van der Waals surface area contributed by atoms with E-state index in [0.717, 1.165) is 8.28 Å². The van der Waals surface area contributed by atoms with E-state index < -0.39 is 21.8 Å². The van der Waals surface area contributed by atoms with Crippen molar-refractivity contribution in [3.63, 3.8) is 0 Å². The third-order valence-corrected chi connectivity index (χ3v) is 4.77. The Morgan fingerprint density at radius 3 is 2.50 bits per heavy atom. The standard InChI is InChI=1S/C13H17N3O7S/c1-8(17)12-14-10(5-16(12)24(19,20)15(3)4)6-21-7-11-9(2)22-13(18)23-11/h5H,6-7H2,1-4H3. The zero-order chi connectivity index (χ0) is 18.1. The van der Waals surface area contributed by atoms with Crippen LogP contribution in [0, 0.1) is 6.92 Å². The monoisotopic (exact) mass is 359 g/mol. The van der Waals surface area contributed by atoms with Gasteiger partial charge in [0.2, 0.25) is 0 Å². The molecular formula is C13H17N3O7S. The SMILES string of the molecule is CC(=O)c1nc(COCc2oc(=O)oc2C)cn1S(=O)(=O)N(C)C. The molecule has 0 aliphatic heterocycles. The van der Waals surface area contributed by atoms with Gasteiger partial charge in [0.25, 0.3) is 0 Å². The fraction of sp³-hybridized carbons (Fsp3) is 0.462. The largest absolute Gasteiger partial charge is 0.519 e. The highest BCUT2D eigenvalue weighted by molar-refractivity contribution is 7.87. The van der Waals surface area contributed by atoms with E-state index in [9.17, 15) is 18.0 Å². The van der Waals surface area contributed by atoms with Gasteiger partial charge in [-0.3, -0.25) is 4.79 Å². The fourth-order valence-electron chi connectivity index (χ4n) is 1.82. The van der Waals surface area contributed by atoms with E-state index in [0.29, 0.717) is 5.76 Å². The Morgan fingerprint density at radius 2 is 2.00 bits per heavy atom. The topological polar surface area (TPSA) is 125 Å². The van der Waals surface area contributed by atoms with Crippen LogP contribution in [0.2, 0.25) is 0 Å². The van der Waals surface area contributed by atoms with Gasteiger partial charge in [0.1, 0.15) is 12.4 Å². The number of aryl methyl sites for hydroxylation is 1. The van der Waals surface area contributed by atoms with Gasteiger partial charge < -0.3 is 13.6 Å². The molecule has 132 valence electrons. The zero-order valence-electron chi connectivity index (χ0n) is 13.6. The first kappa shape index (κ1) is 18.1. The molecule has 0 N–H and O–H groups in total. The Bertz CT molecular complexity index is 904. The van der Waals surface area contributed by atoms with Crippen LogP contribution in [0.3, 0.4) is 0 Å². The van der Waals surface area contributed by atoms with Gasteiger partial charge in [-0.05, 0) is 6.92 Å². The molecule has 0 radical (unpaired) electrons. The number of imidazole rings is 1. The molecule has 11 heteroatoms. The predicted octanol–water partition coefficient (Wildman–Crippen LogP) is 0.312. The maximum Gasteiger partial charge on any atom is 0.519 e. The van der Waals surface area contributed by atoms with Crippen molar-refractivity contribution in [2.75, 3.05) is 14.1 Å². The molecule has 2 aromatic rings. The van der Waals surface area contributed by atoms with Crippen molar-refractivity contribution in [1.29, 1.82) is 0 Å². The van der Waals surface area contributed by atoms with E-state index in [4.69, 9.17) is 13.6 Å². The van der Waals surface area contributed by atoms with Gasteiger partial charge >= 0.3 is 16.0 Å². The Labute approximate surface area is 137 Å². The van der Waals surface area contributed by atoms with Crippen LogP contribution < -0.4 is 5.82 Å². The summed E-state index contributed by atoms with van der Waals surface area (Å²) in [6.07, 6.45) is 1.21. The first-order valence-corrected chi connectivity index (χ1v) is 8.22. The summed E-state index contributed by atoms with van der Waals surface area (Å²) in [6.45, 7) is 2.64. The molecule has 2 heterocycles. The molecular weight excluding hydrogens is 342 g/mol. The number of ether oxygens (including phenoxy) is 1. The van der Waals surface area contributed by atoms with Crippen LogP contribution in [0.1, 0.15) is 34.8 Å². The quantitative estimate of drug-likeness (QED) is 0.647. The number of Topliss-reactive ketones (excluding diaryl/α,β-unsaturated/α-hetero) is 1. The van der Waals surface area contributed by atoms with Gasteiger partial charge in [-0.2, -0.15) is 12.7 Å². The number of carbonyl (C=O) groups is 1. The van der Waals surface area contributed by atoms with Crippen molar-refractivity contribution >= 4 is 16.0 Å². The van der Waals surface area contributed by atoms with Gasteiger partial charge in [-0.1, -0.05) is 0 Å². The Hall–Kier alpha value is -2.24. The van der Waals surface area contributed by atoms with Crippen molar-refractivity contribution in [1.82, 2.24) is 13.3 Å². The summed E-state index contributed by atoms with van der Waals surface area (Å²) >= 11 is 0. The lowest BCUT2D eigenvalue weighted by Gasteiger charge is -2.12. The first-order chi connectivity index (χ1) is 11.1. The molecule has 10 nitrogen and oxygen atoms in total. The van der Waals surface area contributed by atoms with Crippen LogP contribution in [-0.2, 0) is 28.2 Å². The Morgan fingerprint density at radius 1 is 1.33 bits per heavy atom. The molecule has 0 bridgehead atoms. The number of nitrogens with zero attached hydrogens (tertiary/aromatic N) is 3. The second-order valence-electron chi connectivity index (χ2n) is 5.12. The van der Waals surface area contributed by atoms with Gasteiger partial charge in [-0.25, -0.2) is 13.8 Å². The molecule has 2 rings (SSSR count). The van der Waals surface area contributed by atoms with Crippen molar-refractivity contribution in [2.24, 2.45) is 0 Å². The fourth-order valence-corrected chi connectivity index (χ4v) is 2.82. The second kappa shape index (κ2) is 6.71. The molecule has 2 aromatic heterocycles. The number of rotatable bonds is 7. The van der Waals surface area contributed by atoms with E-state index in [1.54, 1.807) is 6.92 Å². The van der Waals surface area contributed by atoms with Gasteiger partial charge in [-0.15, -0.1) is 0 Å². The molecule has 0 saturated heterocycles. The van der Waals surface area contributed by atoms with E-state index in [-0.39, 0.29) is 30.5 Å². The van der Waals surface area contributed by atoms with Crippen LogP contribution in [0.4, 0.5) is 0 Å². The first-order valence-electron chi connectivity index (χ1n) is 6.82. The van der Waals surface area contributed by atoms with Crippen molar-refractivity contribution < 1.29 is 26.8 Å². The van der Waals surface area contributed by atoms with E-state index in [2.05, 4.69) is 4.98 Å². The summed E-state index contributed by atoms with van der Waals surface area (Å²) in [5, 5.41) is 0. The minimum absolute atomic E-state index is 0.0553. The number of aromatic nitrogens is 2. The minimum Gasteiger partial charge on any atom is -0.396 e. The van der Waals surface area contributed by atoms with Crippen LogP contribution in [-0.4, -0.2) is 41.6 Å². The lowest BCUT2D eigenvalue weighted by atomic mass is 10.4. The van der Waals surface area contributed by atoms with Crippen molar-refractivity contribution in [2.45, 2.75) is 27.1 Å². The van der Waals surface area contributed by atoms with E-state index in [1.165, 1.54) is 27.2 Å².